The predicted octanol–water partition coefficient (Wildman–Crippen LogP) is 4.89. The highest BCUT2D eigenvalue weighted by molar-refractivity contribution is 7.89. The van der Waals surface area contributed by atoms with Gasteiger partial charge in [-0.15, -0.1) is 0 Å². The monoisotopic (exact) mass is 408 g/mol. The first-order valence-electron chi connectivity index (χ1n) is 10.3. The number of hydrogen-bond acceptors (Lipinski definition) is 3. The van der Waals surface area contributed by atoms with E-state index < -0.39 is 0 Å². The molecule has 0 bridgehead atoms. The van der Waals surface area contributed by atoms with E-state index in [2.05, 4.69) is 76.7 Å². The predicted molar refractivity (Wildman–Crippen MR) is 125 cm³/mol. The Morgan fingerprint density at radius 3 is 2.69 bits per heavy atom. The van der Waals surface area contributed by atoms with E-state index in [0.717, 1.165) is 19.3 Å². The van der Waals surface area contributed by atoms with Gasteiger partial charge in [-0.25, -0.2) is 9.08 Å². The second-order valence-electron chi connectivity index (χ2n) is 7.48. The number of rotatable bonds is 6. The lowest BCUT2D eigenvalue weighted by Gasteiger charge is -2.24. The summed E-state index contributed by atoms with van der Waals surface area (Å²) in [5.41, 5.74) is 3.96. The van der Waals surface area contributed by atoms with E-state index in [9.17, 15) is 0 Å². The first-order valence-corrected chi connectivity index (χ1v) is 11.5. The molecule has 3 atom stereocenters. The number of aryl methyl sites for hydroxylation is 1. The highest BCUT2D eigenvalue weighted by Crippen LogP contribution is 2.30. The Morgan fingerprint density at radius 1 is 1.24 bits per heavy atom. The quantitative estimate of drug-likeness (QED) is 0.715. The zero-order chi connectivity index (χ0) is 20.5. The van der Waals surface area contributed by atoms with Crippen molar-refractivity contribution in [2.45, 2.75) is 38.6 Å². The van der Waals surface area contributed by atoms with E-state index in [0.29, 0.717) is 12.0 Å². The lowest BCUT2D eigenvalue weighted by atomic mass is 9.90. The van der Waals surface area contributed by atoms with E-state index in [-0.39, 0.29) is 10.9 Å². The zero-order valence-electron chi connectivity index (χ0n) is 17.6. The van der Waals surface area contributed by atoms with Gasteiger partial charge in [0.2, 0.25) is 0 Å². The number of aromatic nitrogens is 1. The van der Waals surface area contributed by atoms with Crippen LogP contribution in [-0.2, 0) is 17.3 Å². The molecule has 0 aliphatic carbocycles. The maximum absolute atomic E-state index is 4.71. The summed E-state index contributed by atoms with van der Waals surface area (Å²) in [6.07, 6.45) is 12.5. The van der Waals surface area contributed by atoms with Gasteiger partial charge in [0.1, 0.15) is 0 Å². The van der Waals surface area contributed by atoms with Crippen molar-refractivity contribution in [1.82, 2.24) is 15.0 Å². The molecule has 1 fully saturated rings. The van der Waals surface area contributed by atoms with Crippen molar-refractivity contribution in [2.24, 2.45) is 10.3 Å². The van der Waals surface area contributed by atoms with E-state index in [1.807, 2.05) is 26.5 Å². The third kappa shape index (κ3) is 6.12. The molecule has 4 nitrogen and oxygen atoms in total. The highest BCUT2D eigenvalue weighted by Gasteiger charge is 2.25. The second-order valence-corrected chi connectivity index (χ2v) is 9.09. The maximum atomic E-state index is 4.71. The molecule has 29 heavy (non-hydrogen) atoms. The van der Waals surface area contributed by atoms with Gasteiger partial charge in [-0.2, -0.15) is 0 Å². The van der Waals surface area contributed by atoms with Gasteiger partial charge in [0.15, 0.2) is 0 Å². The van der Waals surface area contributed by atoms with Gasteiger partial charge < -0.3 is 5.32 Å². The van der Waals surface area contributed by atoms with Crippen molar-refractivity contribution in [1.29, 1.82) is 0 Å². The molecule has 3 rings (SSSR count). The molecule has 0 amide bonds. The number of allylic oxidation sites excluding steroid dienone is 1. The molecule has 2 aromatic rings. The first-order chi connectivity index (χ1) is 14.2. The molecule has 1 saturated heterocycles. The fraction of sp³-hybridized carbons (Fsp3) is 0.375. The second kappa shape index (κ2) is 11.1. The van der Waals surface area contributed by atoms with Crippen molar-refractivity contribution in [2.75, 3.05) is 14.1 Å². The minimum Gasteiger partial charge on any atom is -0.393 e. The summed E-state index contributed by atoms with van der Waals surface area (Å²) >= 11 is 0. The minimum atomic E-state index is -0.319. The Morgan fingerprint density at radius 2 is 2.00 bits per heavy atom. The summed E-state index contributed by atoms with van der Waals surface area (Å²) in [5.74, 6) is 0.586. The van der Waals surface area contributed by atoms with Crippen molar-refractivity contribution >= 4 is 17.0 Å². The smallest absolute Gasteiger partial charge is 0.0520 e. The normalized spacial score (nSPS) is 23.8. The molecule has 1 aromatic heterocycles. The van der Waals surface area contributed by atoms with Gasteiger partial charge in [0.05, 0.1) is 4.91 Å². The SMILES string of the molecule is CN=S1NC(C(C)CCc2ccccc2)CCC(=C\c2ccncc2)/C1=C\NC. The minimum absolute atomic E-state index is 0.319. The van der Waals surface area contributed by atoms with Crippen LogP contribution in [0, 0.1) is 5.92 Å². The summed E-state index contributed by atoms with van der Waals surface area (Å²) in [4.78, 5) is 5.39. The highest BCUT2D eigenvalue weighted by atomic mass is 32.2. The summed E-state index contributed by atoms with van der Waals surface area (Å²) in [6, 6.07) is 15.4. The molecule has 2 heterocycles. The molecule has 2 N–H and O–H groups in total. The van der Waals surface area contributed by atoms with Crippen LogP contribution in [0.15, 0.2) is 75.9 Å². The van der Waals surface area contributed by atoms with E-state index in [1.54, 1.807) is 0 Å². The number of nitrogens with one attached hydrogen (secondary N) is 2. The fourth-order valence-corrected chi connectivity index (χ4v) is 5.40. The molecule has 1 aromatic carbocycles. The van der Waals surface area contributed by atoms with Crippen LogP contribution in [-0.4, -0.2) is 25.1 Å². The van der Waals surface area contributed by atoms with Crippen LogP contribution in [0.2, 0.25) is 0 Å². The van der Waals surface area contributed by atoms with Crippen LogP contribution in [0.5, 0.6) is 0 Å². The molecule has 1 aliphatic heterocycles. The Bertz CT molecular complexity index is 859. The summed E-state index contributed by atoms with van der Waals surface area (Å²) < 4.78 is 8.56. The van der Waals surface area contributed by atoms with Gasteiger partial charge in [-0.3, -0.25) is 4.98 Å². The van der Waals surface area contributed by atoms with Crippen LogP contribution in [0.1, 0.15) is 37.3 Å². The van der Waals surface area contributed by atoms with Gasteiger partial charge in [-0.05, 0) is 60.4 Å². The molecular formula is C24H32N4S. The summed E-state index contributed by atoms with van der Waals surface area (Å²) in [6.45, 7) is 2.37. The third-order valence-electron chi connectivity index (χ3n) is 5.44. The molecule has 0 spiro atoms. The molecule has 0 saturated carbocycles. The Balaban J connectivity index is 1.78. The lowest BCUT2D eigenvalue weighted by molar-refractivity contribution is 0.389. The molecule has 0 radical (unpaired) electrons. The van der Waals surface area contributed by atoms with Crippen molar-refractivity contribution in [3.63, 3.8) is 0 Å². The topological polar surface area (TPSA) is 49.3 Å². The standard InChI is InChI=1S/C24H32N4S/c1-19(9-10-20-7-5-4-6-8-20)23-12-11-22(17-21-13-15-27-16-14-21)24(18-25-2)29(26-3)28-23/h4-8,13-19,23,25H,9-12H2,1-3H3,(H,26,28)/b22-17+,24-18+. The van der Waals surface area contributed by atoms with Gasteiger partial charge >= 0.3 is 0 Å². The molecule has 1 aliphatic rings. The lowest BCUT2D eigenvalue weighted by Crippen LogP contribution is -2.35. The van der Waals surface area contributed by atoms with Crippen LogP contribution < -0.4 is 10.0 Å². The first kappa shape index (κ1) is 21.5. The fourth-order valence-electron chi connectivity index (χ4n) is 3.70. The number of benzene rings is 1. The summed E-state index contributed by atoms with van der Waals surface area (Å²) in [7, 11) is 3.56. The number of nitrogens with zero attached hydrogens (tertiary/aromatic N) is 2. The van der Waals surface area contributed by atoms with Crippen molar-refractivity contribution in [3.8, 4) is 0 Å². The largest absolute Gasteiger partial charge is 0.393 e. The molecule has 154 valence electrons. The van der Waals surface area contributed by atoms with E-state index >= 15 is 0 Å². The van der Waals surface area contributed by atoms with Crippen molar-refractivity contribution in [3.05, 3.63) is 82.7 Å². The van der Waals surface area contributed by atoms with Crippen LogP contribution in [0.25, 0.3) is 6.08 Å². The average molecular weight is 409 g/mol. The van der Waals surface area contributed by atoms with Gasteiger partial charge in [0.25, 0.3) is 0 Å². The average Bonchev–Trinajstić information content (AvgIpc) is 2.93. The van der Waals surface area contributed by atoms with Gasteiger partial charge in [0, 0.05) is 49.6 Å². The Hall–Kier alpha value is -2.24. The Kier molecular flexibility index (Phi) is 8.20. The van der Waals surface area contributed by atoms with E-state index in [1.165, 1.54) is 28.0 Å². The van der Waals surface area contributed by atoms with Crippen molar-refractivity contribution < 1.29 is 0 Å². The van der Waals surface area contributed by atoms with Crippen LogP contribution >= 0.6 is 0 Å². The molecule has 5 heteroatoms. The van der Waals surface area contributed by atoms with Crippen LogP contribution in [0.3, 0.4) is 0 Å². The number of pyridine rings is 1. The van der Waals surface area contributed by atoms with Gasteiger partial charge in [-0.1, -0.05) is 43.3 Å². The van der Waals surface area contributed by atoms with Crippen LogP contribution in [0.4, 0.5) is 0 Å². The Labute approximate surface area is 177 Å². The maximum Gasteiger partial charge on any atom is 0.0520 e. The zero-order valence-corrected chi connectivity index (χ0v) is 18.5. The summed E-state index contributed by atoms with van der Waals surface area (Å²) in [5, 5.41) is 3.23. The molecule has 3 unspecified atom stereocenters. The molecular weight excluding hydrogens is 376 g/mol. The van der Waals surface area contributed by atoms with E-state index in [4.69, 9.17) is 4.36 Å². The third-order valence-corrected chi connectivity index (χ3v) is 7.12. The number of hydrogen-bond donors (Lipinski definition) is 2.